The van der Waals surface area contributed by atoms with Gasteiger partial charge in [0.15, 0.2) is 0 Å². The Kier molecular flexibility index (Phi) is 3.27. The Morgan fingerprint density at radius 1 is 1.44 bits per heavy atom. The highest BCUT2D eigenvalue weighted by atomic mass is 16.2. The summed E-state index contributed by atoms with van der Waals surface area (Å²) in [4.78, 5) is 29.8. The second kappa shape index (κ2) is 3.77. The van der Waals surface area contributed by atoms with Crippen molar-refractivity contribution in [2.45, 2.75) is 13.0 Å². The maximum absolute atomic E-state index is 10.1. The summed E-state index contributed by atoms with van der Waals surface area (Å²) >= 11 is 0. The van der Waals surface area contributed by atoms with Crippen LogP contribution in [-0.4, -0.2) is 24.5 Å². The van der Waals surface area contributed by atoms with E-state index in [-0.39, 0.29) is 5.91 Å². The number of carbonyl (C=O) groups excluding carboxylic acids is 3. The number of hydrogen-bond acceptors (Lipinski definition) is 3. The normalized spacial score (nSPS) is 8.67. The van der Waals surface area contributed by atoms with Gasteiger partial charge in [0.1, 0.15) is 18.6 Å². The largest absolute Gasteiger partial charge is 0.340 e. The van der Waals surface area contributed by atoms with Crippen molar-refractivity contribution < 1.29 is 14.4 Å². The number of nitrogens with one attached hydrogen (secondary N) is 1. The first kappa shape index (κ1) is 7.81. The van der Waals surface area contributed by atoms with E-state index in [1.807, 2.05) is 0 Å². The van der Waals surface area contributed by atoms with E-state index in [0.29, 0.717) is 12.6 Å². The number of carbonyl (C=O) groups is 3. The zero-order valence-electron chi connectivity index (χ0n) is 4.96. The molecule has 4 nitrogen and oxygen atoms in total. The third kappa shape index (κ3) is 3.40. The van der Waals surface area contributed by atoms with Gasteiger partial charge in [-0.15, -0.1) is 0 Å². The summed E-state index contributed by atoms with van der Waals surface area (Å²) in [5.74, 6) is -0.390. The Hall–Kier alpha value is -1.19. The first-order valence-corrected chi connectivity index (χ1v) is 2.38. The zero-order chi connectivity index (χ0) is 7.28. The van der Waals surface area contributed by atoms with Crippen LogP contribution in [0, 0.1) is 0 Å². The van der Waals surface area contributed by atoms with E-state index >= 15 is 0 Å². The maximum Gasteiger partial charge on any atom is 0.217 e. The van der Waals surface area contributed by atoms with Gasteiger partial charge in [-0.1, -0.05) is 0 Å². The molecule has 50 valence electrons. The molecule has 0 bridgehead atoms. The highest BCUT2D eigenvalue weighted by molar-refractivity contribution is 5.88. The Morgan fingerprint density at radius 2 is 1.89 bits per heavy atom. The monoisotopic (exact) mass is 129 g/mol. The third-order valence-electron chi connectivity index (χ3n) is 0.663. The molecule has 0 aromatic heterocycles. The van der Waals surface area contributed by atoms with Gasteiger partial charge in [0, 0.05) is 6.92 Å². The molecule has 9 heavy (non-hydrogen) atoms. The van der Waals surface area contributed by atoms with Crippen LogP contribution in [-0.2, 0) is 14.4 Å². The van der Waals surface area contributed by atoms with Gasteiger partial charge >= 0.3 is 0 Å². The van der Waals surface area contributed by atoms with Gasteiger partial charge in [-0.2, -0.15) is 0 Å². The maximum atomic E-state index is 10.1. The van der Waals surface area contributed by atoms with Crippen molar-refractivity contribution in [3.05, 3.63) is 0 Å². The molecule has 0 unspecified atom stereocenters. The molecule has 0 aromatic carbocycles. The van der Waals surface area contributed by atoms with Gasteiger partial charge in [-0.25, -0.2) is 0 Å². The molecule has 0 atom stereocenters. The predicted molar refractivity (Wildman–Crippen MR) is 29.7 cm³/mol. The minimum atomic E-state index is -0.984. The molecule has 0 aliphatic carbocycles. The van der Waals surface area contributed by atoms with E-state index < -0.39 is 6.04 Å². The lowest BCUT2D eigenvalue weighted by Gasteiger charge is -1.99. The molecule has 0 saturated heterocycles. The molecule has 4 heteroatoms. The number of aldehydes is 2. The molecule has 0 aliphatic rings. The Morgan fingerprint density at radius 3 is 2.00 bits per heavy atom. The number of rotatable bonds is 3. The SMILES string of the molecule is CC(=O)NC(C=O)C=O. The van der Waals surface area contributed by atoms with Crippen LogP contribution >= 0.6 is 0 Å². The average Bonchev–Trinajstić information content (AvgIpc) is 1.82. The fourth-order valence-electron chi connectivity index (χ4n) is 0.335. The molecular weight excluding hydrogens is 122 g/mol. The summed E-state index contributed by atoms with van der Waals surface area (Å²) in [5.41, 5.74) is 0. The van der Waals surface area contributed by atoms with Crippen molar-refractivity contribution in [2.24, 2.45) is 0 Å². The van der Waals surface area contributed by atoms with Gasteiger partial charge in [0.05, 0.1) is 0 Å². The van der Waals surface area contributed by atoms with E-state index in [1.165, 1.54) is 6.92 Å². The van der Waals surface area contributed by atoms with E-state index in [4.69, 9.17) is 0 Å². The van der Waals surface area contributed by atoms with Crippen LogP contribution in [0.4, 0.5) is 0 Å². The van der Waals surface area contributed by atoms with Gasteiger partial charge in [-0.05, 0) is 0 Å². The summed E-state index contributed by atoms with van der Waals surface area (Å²) in [5, 5.41) is 2.10. The molecular formula is C5H7NO3. The molecule has 0 heterocycles. The summed E-state index contributed by atoms with van der Waals surface area (Å²) in [6, 6.07) is -0.984. The lowest BCUT2D eigenvalue weighted by molar-refractivity contribution is -0.125. The Balaban J connectivity index is 3.68. The molecule has 0 spiro atoms. The Labute approximate surface area is 52.2 Å². The van der Waals surface area contributed by atoms with Crippen molar-refractivity contribution >= 4 is 18.5 Å². The van der Waals surface area contributed by atoms with Crippen LogP contribution in [0.15, 0.2) is 0 Å². The molecule has 0 aromatic rings. The summed E-state index contributed by atoms with van der Waals surface area (Å²) < 4.78 is 0. The fourth-order valence-corrected chi connectivity index (χ4v) is 0.335. The molecule has 0 saturated carbocycles. The van der Waals surface area contributed by atoms with Crippen LogP contribution < -0.4 is 5.32 Å². The highest BCUT2D eigenvalue weighted by Gasteiger charge is 2.03. The van der Waals surface area contributed by atoms with Gasteiger partial charge in [0.2, 0.25) is 5.91 Å². The van der Waals surface area contributed by atoms with Crippen LogP contribution in [0.1, 0.15) is 6.92 Å². The minimum Gasteiger partial charge on any atom is -0.340 e. The first-order valence-electron chi connectivity index (χ1n) is 2.38. The van der Waals surface area contributed by atoms with E-state index in [0.717, 1.165) is 0 Å². The van der Waals surface area contributed by atoms with E-state index in [2.05, 4.69) is 5.32 Å². The standard InChI is InChI=1S/C5H7NO3/c1-4(9)6-5(2-7)3-8/h2-3,5H,1H3,(H,6,9). The van der Waals surface area contributed by atoms with Gasteiger partial charge in [-0.3, -0.25) is 4.79 Å². The molecule has 0 rings (SSSR count). The van der Waals surface area contributed by atoms with Crippen LogP contribution in [0.25, 0.3) is 0 Å². The number of hydrogen-bond donors (Lipinski definition) is 1. The molecule has 0 aliphatic heterocycles. The first-order chi connectivity index (χ1) is 4.20. The summed E-state index contributed by atoms with van der Waals surface area (Å²) in [6.07, 6.45) is 0.739. The second-order valence-electron chi connectivity index (χ2n) is 1.50. The fraction of sp³-hybridized carbons (Fsp3) is 0.400. The van der Waals surface area contributed by atoms with Crippen molar-refractivity contribution in [1.82, 2.24) is 5.32 Å². The summed E-state index contributed by atoms with van der Waals surface area (Å²) in [7, 11) is 0. The van der Waals surface area contributed by atoms with Crippen LogP contribution in [0.2, 0.25) is 0 Å². The molecule has 0 fully saturated rings. The van der Waals surface area contributed by atoms with E-state index in [1.54, 1.807) is 0 Å². The quantitative estimate of drug-likeness (QED) is 0.388. The van der Waals surface area contributed by atoms with Crippen LogP contribution in [0.5, 0.6) is 0 Å². The molecule has 0 radical (unpaired) electrons. The van der Waals surface area contributed by atoms with Gasteiger partial charge < -0.3 is 14.9 Å². The lowest BCUT2D eigenvalue weighted by Crippen LogP contribution is -2.35. The zero-order valence-corrected chi connectivity index (χ0v) is 4.96. The van der Waals surface area contributed by atoms with Crippen molar-refractivity contribution in [3.8, 4) is 0 Å². The molecule has 1 amide bonds. The topological polar surface area (TPSA) is 63.2 Å². The van der Waals surface area contributed by atoms with Crippen LogP contribution in [0.3, 0.4) is 0 Å². The number of amides is 1. The average molecular weight is 129 g/mol. The highest BCUT2D eigenvalue weighted by Crippen LogP contribution is 1.69. The third-order valence-corrected chi connectivity index (χ3v) is 0.663. The van der Waals surface area contributed by atoms with Crippen molar-refractivity contribution in [3.63, 3.8) is 0 Å². The summed E-state index contributed by atoms with van der Waals surface area (Å²) in [6.45, 7) is 1.24. The second-order valence-corrected chi connectivity index (χ2v) is 1.50. The van der Waals surface area contributed by atoms with Gasteiger partial charge in [0.25, 0.3) is 0 Å². The minimum absolute atomic E-state index is 0.369. The smallest absolute Gasteiger partial charge is 0.217 e. The van der Waals surface area contributed by atoms with Crippen molar-refractivity contribution in [2.75, 3.05) is 0 Å². The predicted octanol–water partition coefficient (Wildman–Crippen LogP) is -1.11. The van der Waals surface area contributed by atoms with Crippen molar-refractivity contribution in [1.29, 1.82) is 0 Å². The Bertz CT molecular complexity index is 124. The lowest BCUT2D eigenvalue weighted by atomic mass is 10.4. The molecule has 1 N–H and O–H groups in total. The van der Waals surface area contributed by atoms with E-state index in [9.17, 15) is 14.4 Å².